The van der Waals surface area contributed by atoms with Crippen molar-refractivity contribution in [2.45, 2.75) is 47.6 Å². The fourth-order valence-electron chi connectivity index (χ4n) is 4.06. The van der Waals surface area contributed by atoms with Crippen molar-refractivity contribution >= 4 is 56.6 Å². The van der Waals surface area contributed by atoms with Crippen LogP contribution in [0.3, 0.4) is 0 Å². The molecule has 2 aromatic rings. The minimum Gasteiger partial charge on any atom is -0.324 e. The van der Waals surface area contributed by atoms with Crippen LogP contribution >= 0.6 is 23.4 Å². The van der Waals surface area contributed by atoms with E-state index in [-0.39, 0.29) is 34.9 Å². The molecule has 4 rings (SSSR count). The normalized spacial score (nSPS) is 19.6. The number of amides is 2. The van der Waals surface area contributed by atoms with Crippen LogP contribution in [-0.2, 0) is 19.6 Å². The minimum absolute atomic E-state index is 0.00166. The number of sulfonamides is 1. The van der Waals surface area contributed by atoms with E-state index in [2.05, 4.69) is 5.32 Å². The van der Waals surface area contributed by atoms with E-state index in [0.29, 0.717) is 29.5 Å². The molecule has 1 fully saturated rings. The average Bonchev–Trinajstić information content (AvgIpc) is 2.89. The highest BCUT2D eigenvalue weighted by molar-refractivity contribution is 8.00. The van der Waals surface area contributed by atoms with Crippen LogP contribution in [0.5, 0.6) is 0 Å². The number of anilines is 2. The highest BCUT2D eigenvalue weighted by Crippen LogP contribution is 2.39. The Morgan fingerprint density at radius 2 is 1.91 bits per heavy atom. The molecule has 2 aromatic carbocycles. The SMILES string of the molecule is CC1CC(=O)N(CC(=O)Nc2cccc(Cl)c2)c2cc(S(=O)(=O)N3CCCCC3)ccc2S1. The zero-order valence-corrected chi connectivity index (χ0v) is 20.7. The molecule has 10 heteroatoms. The first-order valence-corrected chi connectivity index (χ1v) is 13.6. The van der Waals surface area contributed by atoms with Gasteiger partial charge in [0.05, 0.1) is 10.6 Å². The van der Waals surface area contributed by atoms with Crippen LogP contribution in [0.2, 0.25) is 5.02 Å². The number of piperidine rings is 1. The average molecular weight is 508 g/mol. The van der Waals surface area contributed by atoms with Gasteiger partial charge in [0, 0.05) is 40.4 Å². The molecule has 0 bridgehead atoms. The Hall–Kier alpha value is -2.07. The van der Waals surface area contributed by atoms with E-state index in [1.165, 1.54) is 27.0 Å². The van der Waals surface area contributed by atoms with Gasteiger partial charge in [0.2, 0.25) is 21.8 Å². The van der Waals surface area contributed by atoms with Crippen molar-refractivity contribution in [1.29, 1.82) is 0 Å². The Bertz CT molecular complexity index is 1170. The van der Waals surface area contributed by atoms with Gasteiger partial charge in [0.15, 0.2) is 0 Å². The second kappa shape index (κ2) is 10.0. The van der Waals surface area contributed by atoms with E-state index in [9.17, 15) is 18.0 Å². The van der Waals surface area contributed by atoms with Gasteiger partial charge in [-0.05, 0) is 49.2 Å². The van der Waals surface area contributed by atoms with Crippen molar-refractivity contribution in [1.82, 2.24) is 4.31 Å². The largest absolute Gasteiger partial charge is 0.324 e. The maximum absolute atomic E-state index is 13.2. The molecule has 1 saturated heterocycles. The number of thioether (sulfide) groups is 1. The first-order valence-electron chi connectivity index (χ1n) is 10.9. The minimum atomic E-state index is -3.67. The van der Waals surface area contributed by atoms with Crippen molar-refractivity contribution in [3.63, 3.8) is 0 Å². The van der Waals surface area contributed by atoms with E-state index in [0.717, 1.165) is 24.2 Å². The highest BCUT2D eigenvalue weighted by atomic mass is 35.5. The first kappa shape index (κ1) is 24.1. The maximum Gasteiger partial charge on any atom is 0.244 e. The molecule has 2 heterocycles. The summed E-state index contributed by atoms with van der Waals surface area (Å²) in [6.07, 6.45) is 2.95. The Morgan fingerprint density at radius 3 is 2.64 bits per heavy atom. The van der Waals surface area contributed by atoms with E-state index < -0.39 is 10.0 Å². The van der Waals surface area contributed by atoms with E-state index >= 15 is 0 Å². The quantitative estimate of drug-likeness (QED) is 0.649. The molecule has 33 heavy (non-hydrogen) atoms. The number of benzene rings is 2. The van der Waals surface area contributed by atoms with E-state index in [1.807, 2.05) is 6.92 Å². The summed E-state index contributed by atoms with van der Waals surface area (Å²) in [7, 11) is -3.67. The fraction of sp³-hybridized carbons (Fsp3) is 0.391. The van der Waals surface area contributed by atoms with Gasteiger partial charge in [-0.15, -0.1) is 11.8 Å². The number of nitrogens with one attached hydrogen (secondary N) is 1. The van der Waals surface area contributed by atoms with Gasteiger partial charge in [-0.1, -0.05) is 31.0 Å². The Balaban J connectivity index is 1.64. The lowest BCUT2D eigenvalue weighted by Gasteiger charge is -2.27. The van der Waals surface area contributed by atoms with E-state index in [1.54, 1.807) is 36.4 Å². The molecule has 0 aromatic heterocycles. The van der Waals surface area contributed by atoms with Crippen LogP contribution < -0.4 is 10.2 Å². The van der Waals surface area contributed by atoms with Crippen LogP contribution in [-0.4, -0.2) is 49.4 Å². The molecular formula is C23H26ClN3O4S2. The molecule has 1 atom stereocenters. The third kappa shape index (κ3) is 5.54. The second-order valence-electron chi connectivity index (χ2n) is 8.27. The van der Waals surface area contributed by atoms with Crippen LogP contribution in [0.15, 0.2) is 52.3 Å². The van der Waals surface area contributed by atoms with E-state index in [4.69, 9.17) is 11.6 Å². The molecule has 2 amide bonds. The van der Waals surface area contributed by atoms with Gasteiger partial charge >= 0.3 is 0 Å². The smallest absolute Gasteiger partial charge is 0.244 e. The van der Waals surface area contributed by atoms with Gasteiger partial charge in [0.1, 0.15) is 6.54 Å². The standard InChI is InChI=1S/C23H26ClN3O4S2/c1-16-12-23(29)27(15-22(28)25-18-7-5-6-17(24)13-18)20-14-19(8-9-21(20)32-16)33(30,31)26-10-3-2-4-11-26/h5-9,13-14,16H,2-4,10-12,15H2,1H3,(H,25,28). The summed E-state index contributed by atoms with van der Waals surface area (Å²) in [6.45, 7) is 2.71. The predicted octanol–water partition coefficient (Wildman–Crippen LogP) is 4.37. The van der Waals surface area contributed by atoms with Gasteiger partial charge in [0.25, 0.3) is 0 Å². The van der Waals surface area contributed by atoms with Gasteiger partial charge in [-0.2, -0.15) is 4.31 Å². The lowest BCUT2D eigenvalue weighted by molar-refractivity contribution is -0.121. The number of carbonyl (C=O) groups excluding carboxylic acids is 2. The molecule has 0 saturated carbocycles. The molecule has 1 N–H and O–H groups in total. The summed E-state index contributed by atoms with van der Waals surface area (Å²) in [5, 5.41) is 3.25. The summed E-state index contributed by atoms with van der Waals surface area (Å²) in [6, 6.07) is 11.6. The number of nitrogens with zero attached hydrogens (tertiary/aromatic N) is 2. The fourth-order valence-corrected chi connectivity index (χ4v) is 6.88. The summed E-state index contributed by atoms with van der Waals surface area (Å²) in [5.41, 5.74) is 0.979. The van der Waals surface area contributed by atoms with Crippen molar-refractivity contribution in [3.8, 4) is 0 Å². The van der Waals surface area contributed by atoms with Crippen LogP contribution in [0.25, 0.3) is 0 Å². The topological polar surface area (TPSA) is 86.8 Å². The van der Waals surface area contributed by atoms with Crippen molar-refractivity contribution in [2.24, 2.45) is 0 Å². The Morgan fingerprint density at radius 1 is 1.15 bits per heavy atom. The molecule has 1 unspecified atom stereocenters. The Labute approximate surface area is 203 Å². The Kier molecular flexibility index (Phi) is 7.33. The molecule has 176 valence electrons. The lowest BCUT2D eigenvalue weighted by Crippen LogP contribution is -2.39. The first-order chi connectivity index (χ1) is 15.7. The van der Waals surface area contributed by atoms with Gasteiger partial charge in [-0.25, -0.2) is 8.42 Å². The lowest BCUT2D eigenvalue weighted by atomic mass is 10.2. The molecule has 2 aliphatic rings. The third-order valence-electron chi connectivity index (χ3n) is 5.68. The number of hydrogen-bond acceptors (Lipinski definition) is 5. The van der Waals surface area contributed by atoms with Crippen LogP contribution in [0.1, 0.15) is 32.6 Å². The molecule has 2 aliphatic heterocycles. The maximum atomic E-state index is 13.2. The summed E-state index contributed by atoms with van der Waals surface area (Å²) >= 11 is 7.50. The van der Waals surface area contributed by atoms with Crippen molar-refractivity contribution < 1.29 is 18.0 Å². The van der Waals surface area contributed by atoms with Crippen LogP contribution in [0.4, 0.5) is 11.4 Å². The molecule has 7 nitrogen and oxygen atoms in total. The highest BCUT2D eigenvalue weighted by Gasteiger charge is 2.31. The molecular weight excluding hydrogens is 482 g/mol. The monoisotopic (exact) mass is 507 g/mol. The molecule has 0 spiro atoms. The predicted molar refractivity (Wildman–Crippen MR) is 131 cm³/mol. The van der Waals surface area contributed by atoms with Crippen molar-refractivity contribution in [3.05, 3.63) is 47.5 Å². The summed E-state index contributed by atoms with van der Waals surface area (Å²) in [4.78, 5) is 28.1. The van der Waals surface area contributed by atoms with Gasteiger partial charge < -0.3 is 10.2 Å². The van der Waals surface area contributed by atoms with Crippen molar-refractivity contribution in [2.75, 3.05) is 29.9 Å². The summed E-state index contributed by atoms with van der Waals surface area (Å²) < 4.78 is 28.0. The number of rotatable bonds is 5. The zero-order chi connectivity index (χ0) is 23.6. The number of fused-ring (bicyclic) bond motifs is 1. The molecule has 0 radical (unpaired) electrons. The zero-order valence-electron chi connectivity index (χ0n) is 18.3. The number of hydrogen-bond donors (Lipinski definition) is 1. The second-order valence-corrected chi connectivity index (χ2v) is 12.1. The van der Waals surface area contributed by atoms with Gasteiger partial charge in [-0.3, -0.25) is 9.59 Å². The molecule has 0 aliphatic carbocycles. The third-order valence-corrected chi connectivity index (χ3v) is 8.97. The number of carbonyl (C=O) groups is 2. The number of halogens is 1. The summed E-state index contributed by atoms with van der Waals surface area (Å²) in [5.74, 6) is -0.608. The van der Waals surface area contributed by atoms with Crippen LogP contribution in [0, 0.1) is 0 Å².